The second-order valence-corrected chi connectivity index (χ2v) is 5.07. The summed E-state index contributed by atoms with van der Waals surface area (Å²) in [6.07, 6.45) is 1.22. The Labute approximate surface area is 73.9 Å². The van der Waals surface area contributed by atoms with Crippen LogP contribution in [0.15, 0.2) is 10.8 Å². The van der Waals surface area contributed by atoms with E-state index in [9.17, 15) is 0 Å². The number of rotatable bonds is 3. The molecule has 0 aromatic heterocycles. The van der Waals surface area contributed by atoms with Crippen molar-refractivity contribution in [2.45, 2.75) is 33.2 Å². The molecule has 1 atom stereocenters. The molecule has 0 rings (SSSR count). The second-order valence-electron chi connectivity index (χ2n) is 3.57. The van der Waals surface area contributed by atoms with Gasteiger partial charge in [0, 0.05) is 16.3 Å². The Balaban J connectivity index is 4.39. The Bertz CT molecular complexity index is 146. The van der Waals surface area contributed by atoms with Crippen molar-refractivity contribution in [1.82, 2.24) is 4.90 Å². The molecule has 2 heteroatoms. The minimum Gasteiger partial charge on any atom is -0.303 e. The van der Waals surface area contributed by atoms with Crippen LogP contribution >= 0.6 is 0 Å². The first-order chi connectivity index (χ1) is 5.00. The van der Waals surface area contributed by atoms with Crippen molar-refractivity contribution < 1.29 is 0 Å². The molecule has 0 N–H and O–H groups in total. The highest BCUT2D eigenvalue weighted by atomic mass is 28.1. The molecule has 0 radical (unpaired) electrons. The lowest BCUT2D eigenvalue weighted by atomic mass is 10.1. The van der Waals surface area contributed by atoms with Crippen LogP contribution in [0.25, 0.3) is 0 Å². The molecule has 0 aromatic carbocycles. The Hall–Kier alpha value is -0.0831. The van der Waals surface area contributed by atoms with Crippen molar-refractivity contribution in [3.63, 3.8) is 0 Å². The minimum atomic E-state index is 0.660. The summed E-state index contributed by atoms with van der Waals surface area (Å²) in [6.45, 7) is 6.75. The number of allylic oxidation sites excluding steroid dienone is 1. The number of likely N-dealkylation sites (N-methyl/N-ethyl adjacent to an activating group) is 1. The summed E-state index contributed by atoms with van der Waals surface area (Å²) >= 11 is 0. The van der Waals surface area contributed by atoms with E-state index in [4.69, 9.17) is 0 Å². The molecular formula is C9H21NSi. The van der Waals surface area contributed by atoms with Crippen molar-refractivity contribution in [2.75, 3.05) is 14.1 Å². The molecule has 0 aliphatic carbocycles. The Kier molecular flexibility index (Phi) is 4.69. The molecule has 0 saturated carbocycles. The predicted octanol–water partition coefficient (Wildman–Crippen LogP) is 0.986. The Morgan fingerprint density at radius 3 is 1.91 bits per heavy atom. The van der Waals surface area contributed by atoms with Crippen LogP contribution < -0.4 is 0 Å². The normalized spacial score (nSPS) is 16.9. The maximum absolute atomic E-state index is 2.30. The van der Waals surface area contributed by atoms with Gasteiger partial charge in [0.1, 0.15) is 0 Å². The lowest BCUT2D eigenvalue weighted by molar-refractivity contribution is 0.322. The van der Waals surface area contributed by atoms with Gasteiger partial charge in [0.2, 0.25) is 0 Å². The van der Waals surface area contributed by atoms with Crippen molar-refractivity contribution in [3.05, 3.63) is 10.8 Å². The van der Waals surface area contributed by atoms with Crippen LogP contribution in [0.5, 0.6) is 0 Å². The van der Waals surface area contributed by atoms with Gasteiger partial charge in [-0.2, -0.15) is 0 Å². The van der Waals surface area contributed by atoms with E-state index in [2.05, 4.69) is 39.8 Å². The van der Waals surface area contributed by atoms with Crippen LogP contribution in [0.1, 0.15) is 27.2 Å². The van der Waals surface area contributed by atoms with Gasteiger partial charge in [-0.15, -0.1) is 0 Å². The summed E-state index contributed by atoms with van der Waals surface area (Å²) in [5, 5.41) is 1.59. The average molecular weight is 171 g/mol. The number of hydrogen-bond donors (Lipinski definition) is 0. The van der Waals surface area contributed by atoms with E-state index < -0.39 is 0 Å². The molecule has 0 aliphatic rings. The molecule has 66 valence electrons. The fourth-order valence-corrected chi connectivity index (χ4v) is 1.73. The third-order valence-electron chi connectivity index (χ3n) is 2.30. The first-order valence-corrected chi connectivity index (χ1v) is 5.31. The molecule has 0 aromatic rings. The van der Waals surface area contributed by atoms with E-state index >= 15 is 0 Å². The highest BCUT2D eigenvalue weighted by Gasteiger charge is 2.10. The molecule has 0 spiro atoms. The van der Waals surface area contributed by atoms with E-state index in [-0.39, 0.29) is 0 Å². The third kappa shape index (κ3) is 3.21. The maximum Gasteiger partial charge on any atom is 0.0329 e. The van der Waals surface area contributed by atoms with Gasteiger partial charge < -0.3 is 4.90 Å². The third-order valence-corrected chi connectivity index (χ3v) is 3.09. The average Bonchev–Trinajstić information content (AvgIpc) is 1.88. The van der Waals surface area contributed by atoms with Gasteiger partial charge in [0.15, 0.2) is 0 Å². The van der Waals surface area contributed by atoms with Crippen LogP contribution in [-0.2, 0) is 0 Å². The molecule has 0 aliphatic heterocycles. The van der Waals surface area contributed by atoms with E-state index in [1.54, 1.807) is 10.8 Å². The summed E-state index contributed by atoms with van der Waals surface area (Å²) in [5.41, 5.74) is 1.57. The summed E-state index contributed by atoms with van der Waals surface area (Å²) in [4.78, 5) is 2.30. The lowest BCUT2D eigenvalue weighted by Gasteiger charge is -2.24. The minimum absolute atomic E-state index is 0.660. The molecule has 1 nitrogen and oxygen atoms in total. The number of hydrogen-bond acceptors (Lipinski definition) is 1. The van der Waals surface area contributed by atoms with Crippen LogP contribution in [0.4, 0.5) is 0 Å². The van der Waals surface area contributed by atoms with Crippen molar-refractivity contribution in [1.29, 1.82) is 0 Å². The van der Waals surface area contributed by atoms with Gasteiger partial charge in [0.25, 0.3) is 0 Å². The smallest absolute Gasteiger partial charge is 0.0329 e. The summed E-state index contributed by atoms with van der Waals surface area (Å²) in [6, 6.07) is 0.660. The fourth-order valence-electron chi connectivity index (χ4n) is 1.39. The summed E-state index contributed by atoms with van der Waals surface area (Å²) in [5.74, 6) is 0. The second kappa shape index (κ2) is 4.73. The molecule has 0 heterocycles. The Morgan fingerprint density at radius 2 is 1.82 bits per heavy atom. The molecule has 0 fully saturated rings. The lowest BCUT2D eigenvalue weighted by Crippen LogP contribution is -2.28. The van der Waals surface area contributed by atoms with E-state index in [0.717, 1.165) is 0 Å². The van der Waals surface area contributed by atoms with Crippen molar-refractivity contribution >= 4 is 10.2 Å². The van der Waals surface area contributed by atoms with Gasteiger partial charge in [-0.3, -0.25) is 0 Å². The first-order valence-electron chi connectivity index (χ1n) is 4.31. The zero-order chi connectivity index (χ0) is 9.02. The van der Waals surface area contributed by atoms with Crippen molar-refractivity contribution in [3.8, 4) is 0 Å². The monoisotopic (exact) mass is 171 g/mol. The van der Waals surface area contributed by atoms with Crippen LogP contribution in [0.3, 0.4) is 0 Å². The molecule has 0 amide bonds. The maximum atomic E-state index is 2.30. The topological polar surface area (TPSA) is 3.24 Å². The largest absolute Gasteiger partial charge is 0.303 e. The molecule has 1 unspecified atom stereocenters. The summed E-state index contributed by atoms with van der Waals surface area (Å²) in [7, 11) is 5.51. The zero-order valence-corrected chi connectivity index (χ0v) is 10.7. The molecule has 0 bridgehead atoms. The summed E-state index contributed by atoms with van der Waals surface area (Å²) < 4.78 is 0. The van der Waals surface area contributed by atoms with Gasteiger partial charge in [0.05, 0.1) is 0 Å². The standard InChI is InChI=1S/C9H21NSi/c1-6-9(10(4)5)7(2)8(3)11/h9H,6H2,1-5,11H3. The SMILES string of the molecule is CCC(C(C)=C(C)[SiH3])N(C)C. The van der Waals surface area contributed by atoms with Crippen LogP contribution in [0, 0.1) is 0 Å². The zero-order valence-electron chi connectivity index (χ0n) is 8.73. The van der Waals surface area contributed by atoms with Crippen molar-refractivity contribution in [2.24, 2.45) is 0 Å². The fraction of sp³-hybridized carbons (Fsp3) is 0.778. The van der Waals surface area contributed by atoms with E-state index in [0.29, 0.717) is 6.04 Å². The predicted molar refractivity (Wildman–Crippen MR) is 56.1 cm³/mol. The van der Waals surface area contributed by atoms with Gasteiger partial charge in [-0.25, -0.2) is 0 Å². The van der Waals surface area contributed by atoms with E-state index in [1.807, 2.05) is 0 Å². The van der Waals surface area contributed by atoms with Crippen LogP contribution in [0.2, 0.25) is 0 Å². The highest BCUT2D eigenvalue weighted by Crippen LogP contribution is 2.13. The number of nitrogens with zero attached hydrogens (tertiary/aromatic N) is 1. The molecule has 11 heavy (non-hydrogen) atoms. The van der Waals surface area contributed by atoms with Crippen LogP contribution in [-0.4, -0.2) is 35.3 Å². The molecule has 0 saturated heterocycles. The van der Waals surface area contributed by atoms with Gasteiger partial charge in [-0.1, -0.05) is 17.7 Å². The van der Waals surface area contributed by atoms with Gasteiger partial charge >= 0.3 is 0 Å². The van der Waals surface area contributed by atoms with E-state index in [1.165, 1.54) is 16.7 Å². The molecular weight excluding hydrogens is 150 g/mol. The first kappa shape index (κ1) is 10.9. The highest BCUT2D eigenvalue weighted by molar-refractivity contribution is 6.21. The van der Waals surface area contributed by atoms with Gasteiger partial charge in [-0.05, 0) is 34.4 Å². The Morgan fingerprint density at radius 1 is 1.36 bits per heavy atom. The quantitative estimate of drug-likeness (QED) is 0.572.